The van der Waals surface area contributed by atoms with E-state index in [0.717, 1.165) is 11.0 Å². The predicted octanol–water partition coefficient (Wildman–Crippen LogP) is 5.83. The van der Waals surface area contributed by atoms with Crippen molar-refractivity contribution >= 4 is 31.9 Å². The summed E-state index contributed by atoms with van der Waals surface area (Å²) in [6.07, 6.45) is 6.90. The minimum absolute atomic E-state index is 0.395. The molecule has 1 aromatic rings. The number of hydrogen-bond donors (Lipinski definition) is 1. The standard InChI is InChI=1S/C16H23Br2N/c1-3-16(8-4-5-9-16)11-19-12(2)14-7-6-13(17)10-15(14)18/h6-7,10,12,19H,3-5,8-9,11H2,1-2H3. The minimum Gasteiger partial charge on any atom is -0.310 e. The van der Waals surface area contributed by atoms with Crippen molar-refractivity contribution in [1.29, 1.82) is 0 Å². The Morgan fingerprint density at radius 1 is 1.26 bits per heavy atom. The molecule has 106 valence electrons. The van der Waals surface area contributed by atoms with Crippen molar-refractivity contribution < 1.29 is 0 Å². The maximum atomic E-state index is 3.75. The van der Waals surface area contributed by atoms with Crippen LogP contribution in [0.2, 0.25) is 0 Å². The number of halogens is 2. The van der Waals surface area contributed by atoms with Gasteiger partial charge in [-0.1, -0.05) is 57.7 Å². The van der Waals surface area contributed by atoms with E-state index in [-0.39, 0.29) is 0 Å². The van der Waals surface area contributed by atoms with E-state index in [4.69, 9.17) is 0 Å². The lowest BCUT2D eigenvalue weighted by Gasteiger charge is -2.30. The van der Waals surface area contributed by atoms with Crippen molar-refractivity contribution in [2.45, 2.75) is 52.0 Å². The molecule has 0 heterocycles. The van der Waals surface area contributed by atoms with Crippen LogP contribution in [0.25, 0.3) is 0 Å². The Morgan fingerprint density at radius 2 is 1.95 bits per heavy atom. The molecular formula is C16H23Br2N. The zero-order valence-corrected chi connectivity index (χ0v) is 15.0. The lowest BCUT2D eigenvalue weighted by atomic mass is 9.83. The van der Waals surface area contributed by atoms with Crippen LogP contribution in [-0.4, -0.2) is 6.54 Å². The van der Waals surface area contributed by atoms with Gasteiger partial charge in [0.15, 0.2) is 0 Å². The van der Waals surface area contributed by atoms with Crippen molar-refractivity contribution in [2.75, 3.05) is 6.54 Å². The van der Waals surface area contributed by atoms with E-state index in [1.807, 2.05) is 0 Å². The third-order valence-electron chi connectivity index (χ3n) is 4.63. The van der Waals surface area contributed by atoms with Gasteiger partial charge in [-0.05, 0) is 49.3 Å². The van der Waals surface area contributed by atoms with Gasteiger partial charge in [-0.25, -0.2) is 0 Å². The lowest BCUT2D eigenvalue weighted by molar-refractivity contribution is 0.258. The molecule has 0 bridgehead atoms. The van der Waals surface area contributed by atoms with Crippen molar-refractivity contribution in [3.05, 3.63) is 32.7 Å². The van der Waals surface area contributed by atoms with Crippen LogP contribution in [-0.2, 0) is 0 Å². The van der Waals surface area contributed by atoms with Crippen molar-refractivity contribution in [3.8, 4) is 0 Å². The first-order chi connectivity index (χ1) is 9.06. The third-order valence-corrected chi connectivity index (χ3v) is 5.81. The van der Waals surface area contributed by atoms with E-state index in [2.05, 4.69) is 69.2 Å². The fraction of sp³-hybridized carbons (Fsp3) is 0.625. The number of hydrogen-bond acceptors (Lipinski definition) is 1. The van der Waals surface area contributed by atoms with Gasteiger partial charge in [-0.15, -0.1) is 0 Å². The highest BCUT2D eigenvalue weighted by atomic mass is 79.9. The minimum atomic E-state index is 0.395. The van der Waals surface area contributed by atoms with Crippen LogP contribution < -0.4 is 5.32 Å². The van der Waals surface area contributed by atoms with Gasteiger partial charge in [0.1, 0.15) is 0 Å². The summed E-state index contributed by atoms with van der Waals surface area (Å²) in [7, 11) is 0. The fourth-order valence-electron chi connectivity index (χ4n) is 3.11. The molecule has 1 aliphatic carbocycles. The Kier molecular flexibility index (Phi) is 5.50. The molecule has 1 nitrogen and oxygen atoms in total. The van der Waals surface area contributed by atoms with E-state index < -0.39 is 0 Å². The number of rotatable bonds is 5. The Morgan fingerprint density at radius 3 is 2.53 bits per heavy atom. The van der Waals surface area contributed by atoms with Crippen LogP contribution in [0.4, 0.5) is 0 Å². The zero-order chi connectivity index (χ0) is 13.9. The molecule has 1 fully saturated rings. The predicted molar refractivity (Wildman–Crippen MR) is 89.5 cm³/mol. The molecule has 3 heteroatoms. The summed E-state index contributed by atoms with van der Waals surface area (Å²) in [5.74, 6) is 0. The lowest BCUT2D eigenvalue weighted by Crippen LogP contribution is -2.33. The van der Waals surface area contributed by atoms with E-state index in [1.54, 1.807) is 0 Å². The average molecular weight is 389 g/mol. The van der Waals surface area contributed by atoms with Gasteiger partial charge in [0.25, 0.3) is 0 Å². The van der Waals surface area contributed by atoms with Gasteiger partial charge in [0, 0.05) is 21.5 Å². The molecule has 0 spiro atoms. The number of nitrogens with one attached hydrogen (secondary N) is 1. The molecule has 1 aromatic carbocycles. The van der Waals surface area contributed by atoms with E-state index >= 15 is 0 Å². The largest absolute Gasteiger partial charge is 0.310 e. The molecular weight excluding hydrogens is 366 g/mol. The van der Waals surface area contributed by atoms with Gasteiger partial charge >= 0.3 is 0 Å². The second kappa shape index (κ2) is 6.73. The molecule has 0 aliphatic heterocycles. The van der Waals surface area contributed by atoms with Gasteiger partial charge in [-0.3, -0.25) is 0 Å². The van der Waals surface area contributed by atoms with Crippen LogP contribution in [0.5, 0.6) is 0 Å². The van der Waals surface area contributed by atoms with E-state index in [9.17, 15) is 0 Å². The van der Waals surface area contributed by atoms with Crippen LogP contribution in [0.1, 0.15) is 57.6 Å². The summed E-state index contributed by atoms with van der Waals surface area (Å²) < 4.78 is 2.30. The molecule has 19 heavy (non-hydrogen) atoms. The Hall–Kier alpha value is 0.140. The molecule has 1 saturated carbocycles. The molecule has 0 amide bonds. The van der Waals surface area contributed by atoms with Gasteiger partial charge in [0.05, 0.1) is 0 Å². The topological polar surface area (TPSA) is 12.0 Å². The Balaban J connectivity index is 1.99. The fourth-order valence-corrected chi connectivity index (χ4v) is 4.50. The molecule has 1 aliphatic rings. The van der Waals surface area contributed by atoms with Crippen molar-refractivity contribution in [2.24, 2.45) is 5.41 Å². The molecule has 1 unspecified atom stereocenters. The Bertz CT molecular complexity index is 425. The monoisotopic (exact) mass is 387 g/mol. The first-order valence-electron chi connectivity index (χ1n) is 7.25. The van der Waals surface area contributed by atoms with E-state index in [0.29, 0.717) is 11.5 Å². The number of benzene rings is 1. The van der Waals surface area contributed by atoms with E-state index in [1.165, 1.54) is 42.1 Å². The zero-order valence-electron chi connectivity index (χ0n) is 11.8. The van der Waals surface area contributed by atoms with Crippen molar-refractivity contribution in [1.82, 2.24) is 5.32 Å². The summed E-state index contributed by atoms with van der Waals surface area (Å²) in [6.45, 7) is 5.74. The Labute approximate surface area is 133 Å². The van der Waals surface area contributed by atoms with Crippen LogP contribution >= 0.6 is 31.9 Å². The van der Waals surface area contributed by atoms with Gasteiger partial charge < -0.3 is 5.32 Å². The second-order valence-electron chi connectivity index (χ2n) is 5.83. The highest BCUT2D eigenvalue weighted by Gasteiger charge is 2.32. The SMILES string of the molecule is CCC1(CNC(C)c2ccc(Br)cc2Br)CCCC1. The summed E-state index contributed by atoms with van der Waals surface area (Å²) in [5, 5.41) is 3.75. The quantitative estimate of drug-likeness (QED) is 0.668. The molecule has 1 atom stereocenters. The molecule has 0 radical (unpaired) electrons. The molecule has 0 saturated heterocycles. The summed E-state index contributed by atoms with van der Waals surface area (Å²) in [6, 6.07) is 6.83. The van der Waals surface area contributed by atoms with Crippen molar-refractivity contribution in [3.63, 3.8) is 0 Å². The second-order valence-corrected chi connectivity index (χ2v) is 7.60. The summed E-state index contributed by atoms with van der Waals surface area (Å²) in [4.78, 5) is 0. The van der Waals surface area contributed by atoms with Gasteiger partial charge in [0.2, 0.25) is 0 Å². The summed E-state index contributed by atoms with van der Waals surface area (Å²) in [5.41, 5.74) is 1.89. The maximum absolute atomic E-state index is 3.75. The van der Waals surface area contributed by atoms with Crippen LogP contribution in [0.3, 0.4) is 0 Å². The molecule has 1 N–H and O–H groups in total. The first-order valence-corrected chi connectivity index (χ1v) is 8.83. The molecule has 2 rings (SSSR count). The highest BCUT2D eigenvalue weighted by Crippen LogP contribution is 2.40. The maximum Gasteiger partial charge on any atom is 0.0303 e. The highest BCUT2D eigenvalue weighted by molar-refractivity contribution is 9.11. The van der Waals surface area contributed by atoms with Gasteiger partial charge in [-0.2, -0.15) is 0 Å². The first kappa shape index (κ1) is 15.5. The third kappa shape index (κ3) is 3.83. The average Bonchev–Trinajstić information content (AvgIpc) is 2.85. The molecule has 0 aromatic heterocycles. The summed E-state index contributed by atoms with van der Waals surface area (Å²) >= 11 is 7.17. The van der Waals surface area contributed by atoms with Crippen LogP contribution in [0.15, 0.2) is 27.1 Å². The van der Waals surface area contributed by atoms with Crippen LogP contribution in [0, 0.1) is 5.41 Å². The smallest absolute Gasteiger partial charge is 0.0303 e. The normalized spacial score (nSPS) is 19.6.